The second kappa shape index (κ2) is 12.7. The average molecular weight is 557 g/mol. The minimum absolute atomic E-state index is 0.0439. The van der Waals surface area contributed by atoms with E-state index < -0.39 is 0 Å². The summed E-state index contributed by atoms with van der Waals surface area (Å²) in [5.41, 5.74) is 3.81. The first-order valence-corrected chi connectivity index (χ1v) is 14.0. The van der Waals surface area contributed by atoms with Gasteiger partial charge in [-0.25, -0.2) is 4.98 Å². The monoisotopic (exact) mass is 555 g/mol. The summed E-state index contributed by atoms with van der Waals surface area (Å²) < 4.78 is 1.04. The fraction of sp³-hybridized carbons (Fsp3) is 0.517. The molecule has 196 valence electrons. The first kappa shape index (κ1) is 28.2. The van der Waals surface area contributed by atoms with Crippen LogP contribution in [0.1, 0.15) is 63.3 Å². The van der Waals surface area contributed by atoms with E-state index in [2.05, 4.69) is 80.2 Å². The number of hydrogen-bond acceptors (Lipinski definition) is 5. The van der Waals surface area contributed by atoms with Gasteiger partial charge < -0.3 is 20.1 Å². The second-order valence-electron chi connectivity index (χ2n) is 9.69. The van der Waals surface area contributed by atoms with Gasteiger partial charge in [0.05, 0.1) is 0 Å². The lowest BCUT2D eigenvalue weighted by Crippen LogP contribution is -2.42. The lowest BCUT2D eigenvalue weighted by atomic mass is 9.89. The van der Waals surface area contributed by atoms with Gasteiger partial charge in [0, 0.05) is 63.6 Å². The lowest BCUT2D eigenvalue weighted by Gasteiger charge is -2.40. The van der Waals surface area contributed by atoms with Gasteiger partial charge in [-0.2, -0.15) is 0 Å². The van der Waals surface area contributed by atoms with E-state index in [4.69, 9.17) is 0 Å². The number of anilines is 2. The van der Waals surface area contributed by atoms with Crippen molar-refractivity contribution in [1.82, 2.24) is 14.9 Å². The van der Waals surface area contributed by atoms with Gasteiger partial charge in [-0.3, -0.25) is 4.79 Å². The zero-order valence-corrected chi connectivity index (χ0v) is 24.5. The Balaban J connectivity index is 0.00000176. The summed E-state index contributed by atoms with van der Waals surface area (Å²) in [5.74, 6) is 0.798. The number of rotatable bonds is 7. The number of pyridine rings is 2. The molecule has 4 rings (SSSR count). The van der Waals surface area contributed by atoms with Gasteiger partial charge in [0.25, 0.3) is 5.56 Å². The minimum Gasteiger partial charge on any atom is -0.368 e. The van der Waals surface area contributed by atoms with Crippen LogP contribution >= 0.6 is 15.9 Å². The van der Waals surface area contributed by atoms with Crippen LogP contribution in [0.3, 0.4) is 0 Å². The number of fused-ring (bicyclic) bond motifs is 1. The highest BCUT2D eigenvalue weighted by Gasteiger charge is 2.27. The summed E-state index contributed by atoms with van der Waals surface area (Å²) in [7, 11) is 4.38. The molecule has 0 saturated heterocycles. The number of aromatic nitrogens is 2. The van der Waals surface area contributed by atoms with Crippen molar-refractivity contribution < 1.29 is 0 Å². The normalized spacial score (nSPS) is 17.6. The van der Waals surface area contributed by atoms with Crippen LogP contribution in [0.2, 0.25) is 0 Å². The molecule has 6 nitrogen and oxygen atoms in total. The Morgan fingerprint density at radius 1 is 1.06 bits per heavy atom. The van der Waals surface area contributed by atoms with Crippen LogP contribution in [0.15, 0.2) is 39.7 Å². The average Bonchev–Trinajstić information content (AvgIpc) is 2.85. The molecule has 2 aromatic heterocycles. The van der Waals surface area contributed by atoms with Gasteiger partial charge in [0.1, 0.15) is 5.82 Å². The maximum atomic E-state index is 12.5. The quantitative estimate of drug-likeness (QED) is 0.342. The van der Waals surface area contributed by atoms with E-state index in [0.29, 0.717) is 18.6 Å². The Bertz CT molecular complexity index is 1210. The molecule has 7 heteroatoms. The van der Waals surface area contributed by atoms with Crippen molar-refractivity contribution in [3.8, 4) is 0 Å². The Morgan fingerprint density at radius 2 is 1.72 bits per heavy atom. The van der Waals surface area contributed by atoms with E-state index in [0.717, 1.165) is 39.0 Å². The molecule has 0 atom stereocenters. The molecular weight excluding hydrogens is 514 g/mol. The highest BCUT2D eigenvalue weighted by molar-refractivity contribution is 9.10. The predicted octanol–water partition coefficient (Wildman–Crippen LogP) is 6.64. The van der Waals surface area contributed by atoms with E-state index in [1.54, 1.807) is 0 Å². The van der Waals surface area contributed by atoms with Crippen molar-refractivity contribution in [1.29, 1.82) is 0 Å². The zero-order valence-electron chi connectivity index (χ0n) is 22.9. The van der Waals surface area contributed by atoms with E-state index >= 15 is 0 Å². The van der Waals surface area contributed by atoms with E-state index in [1.165, 1.54) is 36.8 Å². The highest BCUT2D eigenvalue weighted by Crippen LogP contribution is 2.37. The molecule has 2 N–H and O–H groups in total. The Morgan fingerprint density at radius 3 is 2.33 bits per heavy atom. The number of nitrogens with one attached hydrogen (secondary N) is 2. The van der Waals surface area contributed by atoms with Crippen LogP contribution < -0.4 is 15.8 Å². The SMILES string of the molecule is CC.CCN(c1cc(Br)cc2c(NCc3c(C)cc(C)[nH]c3=O)nccc12)C1CCC(N(C)C)CC1. The lowest BCUT2D eigenvalue weighted by molar-refractivity contribution is 0.214. The fourth-order valence-corrected chi connectivity index (χ4v) is 5.84. The molecule has 1 aromatic carbocycles. The minimum atomic E-state index is -0.0439. The molecule has 3 aromatic rings. The summed E-state index contributed by atoms with van der Waals surface area (Å²) in [6.45, 7) is 11.5. The first-order valence-electron chi connectivity index (χ1n) is 13.2. The molecule has 1 aliphatic rings. The Kier molecular flexibility index (Phi) is 9.97. The van der Waals surface area contributed by atoms with E-state index in [9.17, 15) is 4.79 Å². The largest absolute Gasteiger partial charge is 0.368 e. The molecule has 1 fully saturated rings. The molecule has 0 aliphatic heterocycles. The van der Waals surface area contributed by atoms with Crippen LogP contribution in [0.25, 0.3) is 10.8 Å². The van der Waals surface area contributed by atoms with Crippen molar-refractivity contribution >= 4 is 38.2 Å². The van der Waals surface area contributed by atoms with Gasteiger partial charge in [0.15, 0.2) is 0 Å². The number of halogens is 1. The van der Waals surface area contributed by atoms with Crippen molar-refractivity contribution in [2.24, 2.45) is 0 Å². The topological polar surface area (TPSA) is 64.3 Å². The Labute approximate surface area is 224 Å². The first-order chi connectivity index (χ1) is 17.3. The third-order valence-electron chi connectivity index (χ3n) is 7.24. The van der Waals surface area contributed by atoms with Gasteiger partial charge >= 0.3 is 0 Å². The number of hydrogen-bond donors (Lipinski definition) is 2. The van der Waals surface area contributed by atoms with Crippen molar-refractivity contribution in [2.75, 3.05) is 30.9 Å². The van der Waals surface area contributed by atoms with Crippen LogP contribution in [-0.2, 0) is 6.54 Å². The van der Waals surface area contributed by atoms with Crippen LogP contribution in [0, 0.1) is 13.8 Å². The predicted molar refractivity (Wildman–Crippen MR) is 157 cm³/mol. The number of benzene rings is 1. The van der Waals surface area contributed by atoms with Gasteiger partial charge in [-0.15, -0.1) is 0 Å². The molecule has 2 heterocycles. The summed E-state index contributed by atoms with van der Waals surface area (Å²) in [6.07, 6.45) is 6.75. The maximum Gasteiger partial charge on any atom is 0.253 e. The zero-order chi connectivity index (χ0) is 26.4. The smallest absolute Gasteiger partial charge is 0.253 e. The third-order valence-corrected chi connectivity index (χ3v) is 7.69. The Hall–Kier alpha value is -2.38. The van der Waals surface area contributed by atoms with E-state index in [-0.39, 0.29) is 5.56 Å². The van der Waals surface area contributed by atoms with Crippen LogP contribution in [0.4, 0.5) is 11.5 Å². The highest BCUT2D eigenvalue weighted by atomic mass is 79.9. The number of nitrogens with zero attached hydrogens (tertiary/aromatic N) is 3. The molecule has 1 aliphatic carbocycles. The number of H-pyrrole nitrogens is 1. The van der Waals surface area contributed by atoms with Crippen LogP contribution in [-0.4, -0.2) is 47.6 Å². The molecule has 0 bridgehead atoms. The standard InChI is InChI=1S/C27H36BrN5O.C2H6/c1-6-33(21-9-7-20(8-10-21)32(4)5)25-15-19(28)14-23-22(25)11-12-29-26(23)30-16-24-17(2)13-18(3)31-27(24)34;1-2/h11-15,20-21H,6-10,16H2,1-5H3,(H,29,30)(H,31,34);1-2H3. The van der Waals surface area contributed by atoms with Gasteiger partial charge in [-0.1, -0.05) is 29.8 Å². The second-order valence-corrected chi connectivity index (χ2v) is 10.6. The molecule has 0 amide bonds. The molecule has 0 spiro atoms. The molecule has 36 heavy (non-hydrogen) atoms. The van der Waals surface area contributed by atoms with Crippen molar-refractivity contribution in [2.45, 2.75) is 78.9 Å². The molecule has 0 radical (unpaired) electrons. The van der Waals surface area contributed by atoms with Gasteiger partial charge in [-0.05, 0) is 90.4 Å². The third kappa shape index (κ3) is 6.30. The molecular formula is C29H42BrN5O. The molecule has 1 saturated carbocycles. The van der Waals surface area contributed by atoms with Gasteiger partial charge in [0.2, 0.25) is 0 Å². The summed E-state index contributed by atoms with van der Waals surface area (Å²) in [6, 6.07) is 9.70. The maximum absolute atomic E-state index is 12.5. The molecule has 0 unspecified atom stereocenters. The summed E-state index contributed by atoms with van der Waals surface area (Å²) in [4.78, 5) is 25.0. The van der Waals surface area contributed by atoms with Crippen molar-refractivity contribution in [3.63, 3.8) is 0 Å². The van der Waals surface area contributed by atoms with Crippen molar-refractivity contribution in [3.05, 3.63) is 62.1 Å². The summed E-state index contributed by atoms with van der Waals surface area (Å²) in [5, 5.41) is 5.69. The van der Waals surface area contributed by atoms with E-state index in [1.807, 2.05) is 40.0 Å². The number of aryl methyl sites for hydroxylation is 2. The van der Waals surface area contributed by atoms with Crippen LogP contribution in [0.5, 0.6) is 0 Å². The summed E-state index contributed by atoms with van der Waals surface area (Å²) >= 11 is 3.75. The number of aromatic amines is 1. The fourth-order valence-electron chi connectivity index (χ4n) is 5.39.